The van der Waals surface area contributed by atoms with Crippen LogP contribution in [0.4, 0.5) is 5.69 Å². The number of imide groups is 3. The molecule has 0 unspecified atom stereocenters. The molecule has 0 atom stereocenters. The lowest BCUT2D eigenvalue weighted by atomic mass is 9.81. The van der Waals surface area contributed by atoms with Crippen LogP contribution in [0.2, 0.25) is 0 Å². The largest absolute Gasteiger partial charge is 0.398 e. The number of carbonyl (C=O) groups excluding carboxylic acids is 3. The van der Waals surface area contributed by atoms with Gasteiger partial charge in [0, 0.05) is 12.2 Å². The Morgan fingerprint density at radius 2 is 1.81 bits per heavy atom. The van der Waals surface area contributed by atoms with Crippen LogP contribution in [0.3, 0.4) is 0 Å². The lowest BCUT2D eigenvalue weighted by molar-refractivity contribution is -0.136. The van der Waals surface area contributed by atoms with Gasteiger partial charge in [-0.25, -0.2) is 4.90 Å². The number of hydrogen-bond acceptors (Lipinski definition) is 5. The predicted octanol–water partition coefficient (Wildman–Crippen LogP) is 1.16. The van der Waals surface area contributed by atoms with E-state index in [2.05, 4.69) is 0 Å². The lowest BCUT2D eigenvalue weighted by Gasteiger charge is -2.31. The van der Waals surface area contributed by atoms with Crippen molar-refractivity contribution in [1.29, 1.82) is 0 Å². The van der Waals surface area contributed by atoms with E-state index in [0.717, 1.165) is 0 Å². The summed E-state index contributed by atoms with van der Waals surface area (Å²) in [4.78, 5) is 38.2. The summed E-state index contributed by atoms with van der Waals surface area (Å²) in [5.41, 5.74) is 11.1. The van der Waals surface area contributed by atoms with E-state index in [0.29, 0.717) is 17.7 Å². The number of nitrogens with two attached hydrogens (primary N) is 2. The number of rotatable bonds is 4. The summed E-state index contributed by atoms with van der Waals surface area (Å²) in [6, 6.07) is 4.62. The van der Waals surface area contributed by atoms with Crippen molar-refractivity contribution in [2.24, 2.45) is 11.1 Å². The Morgan fingerprint density at radius 3 is 2.29 bits per heavy atom. The fraction of sp³-hybridized carbons (Fsp3) is 0.400. The van der Waals surface area contributed by atoms with Crippen molar-refractivity contribution < 1.29 is 14.4 Å². The maximum absolute atomic E-state index is 12.7. The molecule has 0 fully saturated rings. The Balaban J connectivity index is 2.49. The van der Waals surface area contributed by atoms with Crippen molar-refractivity contribution in [3.63, 3.8) is 0 Å². The van der Waals surface area contributed by atoms with Crippen LogP contribution in [0.15, 0.2) is 18.2 Å². The molecular formula is C15H19N3O3. The number of amides is 3. The maximum Gasteiger partial charge on any atom is 0.270 e. The highest BCUT2D eigenvalue weighted by Crippen LogP contribution is 2.34. The van der Waals surface area contributed by atoms with Gasteiger partial charge in [-0.2, -0.15) is 0 Å². The van der Waals surface area contributed by atoms with E-state index >= 15 is 0 Å². The van der Waals surface area contributed by atoms with Gasteiger partial charge in [0.05, 0.1) is 16.5 Å². The highest BCUT2D eigenvalue weighted by Gasteiger charge is 2.47. The lowest BCUT2D eigenvalue weighted by Crippen LogP contribution is -2.49. The smallest absolute Gasteiger partial charge is 0.270 e. The van der Waals surface area contributed by atoms with Crippen molar-refractivity contribution in [2.75, 3.05) is 12.3 Å². The van der Waals surface area contributed by atoms with Gasteiger partial charge < -0.3 is 11.5 Å². The minimum absolute atomic E-state index is 0.0850. The first-order valence-corrected chi connectivity index (χ1v) is 6.95. The van der Waals surface area contributed by atoms with E-state index in [9.17, 15) is 14.4 Å². The van der Waals surface area contributed by atoms with Crippen molar-refractivity contribution >= 4 is 23.4 Å². The number of nitrogens with zero attached hydrogens (tertiary/aromatic N) is 1. The zero-order valence-electron chi connectivity index (χ0n) is 12.2. The SMILES string of the molecule is CCC(CC)(CN)C(=O)N1C(=O)c2cccc(N)c2C1=O. The van der Waals surface area contributed by atoms with Crippen LogP contribution in [-0.4, -0.2) is 29.2 Å². The molecule has 3 amide bonds. The van der Waals surface area contributed by atoms with Gasteiger partial charge in [-0.3, -0.25) is 14.4 Å². The molecule has 4 N–H and O–H groups in total. The fourth-order valence-electron chi connectivity index (χ4n) is 2.66. The number of carbonyl (C=O) groups is 3. The van der Waals surface area contributed by atoms with Crippen molar-refractivity contribution in [3.05, 3.63) is 29.3 Å². The molecule has 1 aliphatic rings. The van der Waals surface area contributed by atoms with E-state index in [4.69, 9.17) is 11.5 Å². The molecule has 6 nitrogen and oxygen atoms in total. The first-order valence-electron chi connectivity index (χ1n) is 6.95. The van der Waals surface area contributed by atoms with Crippen LogP contribution in [0.25, 0.3) is 0 Å². The summed E-state index contributed by atoms with van der Waals surface area (Å²) in [7, 11) is 0. The molecule has 0 bridgehead atoms. The Labute approximate surface area is 123 Å². The van der Waals surface area contributed by atoms with Gasteiger partial charge in [-0.05, 0) is 25.0 Å². The first-order chi connectivity index (χ1) is 9.93. The Bertz CT molecular complexity index is 612. The molecule has 2 rings (SSSR count). The van der Waals surface area contributed by atoms with Crippen LogP contribution in [0, 0.1) is 5.41 Å². The summed E-state index contributed by atoms with van der Waals surface area (Å²) < 4.78 is 0. The molecule has 1 aromatic carbocycles. The third kappa shape index (κ3) is 2.03. The molecule has 0 radical (unpaired) electrons. The second-order valence-electron chi connectivity index (χ2n) is 5.21. The molecule has 1 heterocycles. The minimum Gasteiger partial charge on any atom is -0.398 e. The Hall–Kier alpha value is -2.21. The van der Waals surface area contributed by atoms with Crippen molar-refractivity contribution in [1.82, 2.24) is 4.90 Å². The average molecular weight is 289 g/mol. The normalized spacial score (nSPS) is 14.5. The highest BCUT2D eigenvalue weighted by molar-refractivity contribution is 6.31. The van der Waals surface area contributed by atoms with Gasteiger partial charge in [0.15, 0.2) is 0 Å². The van der Waals surface area contributed by atoms with Gasteiger partial charge in [-0.1, -0.05) is 19.9 Å². The Morgan fingerprint density at radius 1 is 1.19 bits per heavy atom. The van der Waals surface area contributed by atoms with Crippen LogP contribution < -0.4 is 11.5 Å². The average Bonchev–Trinajstić information content (AvgIpc) is 2.74. The minimum atomic E-state index is -0.901. The highest BCUT2D eigenvalue weighted by atomic mass is 16.2. The van der Waals surface area contributed by atoms with Crippen LogP contribution >= 0.6 is 0 Å². The zero-order chi connectivity index (χ0) is 15.8. The van der Waals surface area contributed by atoms with E-state index in [1.807, 2.05) is 13.8 Å². The van der Waals surface area contributed by atoms with Crippen LogP contribution in [-0.2, 0) is 4.79 Å². The summed E-state index contributed by atoms with van der Waals surface area (Å²) in [6.45, 7) is 3.73. The van der Waals surface area contributed by atoms with Gasteiger partial charge in [0.2, 0.25) is 5.91 Å². The molecule has 0 saturated heterocycles. The number of benzene rings is 1. The molecule has 0 aliphatic carbocycles. The second kappa shape index (κ2) is 5.29. The summed E-state index contributed by atoms with van der Waals surface area (Å²) >= 11 is 0. The van der Waals surface area contributed by atoms with E-state index in [1.165, 1.54) is 12.1 Å². The van der Waals surface area contributed by atoms with Gasteiger partial charge in [0.25, 0.3) is 11.8 Å². The van der Waals surface area contributed by atoms with Gasteiger partial charge in [-0.15, -0.1) is 0 Å². The quantitative estimate of drug-likeness (QED) is 0.639. The van der Waals surface area contributed by atoms with E-state index in [-0.39, 0.29) is 23.4 Å². The standard InChI is InChI=1S/C15H19N3O3/c1-3-15(4-2,8-16)14(21)18-12(19)9-6-5-7-10(17)11(9)13(18)20/h5-7H,3-4,8,16-17H2,1-2H3. The first kappa shape index (κ1) is 15.2. The molecule has 0 spiro atoms. The van der Waals surface area contributed by atoms with Gasteiger partial charge in [0.1, 0.15) is 0 Å². The molecule has 6 heteroatoms. The predicted molar refractivity (Wildman–Crippen MR) is 78.4 cm³/mol. The number of anilines is 1. The maximum atomic E-state index is 12.7. The number of fused-ring (bicyclic) bond motifs is 1. The topological polar surface area (TPSA) is 106 Å². The molecule has 21 heavy (non-hydrogen) atoms. The fourth-order valence-corrected chi connectivity index (χ4v) is 2.66. The van der Waals surface area contributed by atoms with Gasteiger partial charge >= 0.3 is 0 Å². The third-order valence-electron chi connectivity index (χ3n) is 4.35. The van der Waals surface area contributed by atoms with Crippen molar-refractivity contribution in [3.8, 4) is 0 Å². The third-order valence-corrected chi connectivity index (χ3v) is 4.35. The molecule has 1 aromatic rings. The van der Waals surface area contributed by atoms with E-state index < -0.39 is 23.1 Å². The molecule has 112 valence electrons. The van der Waals surface area contributed by atoms with Crippen LogP contribution in [0.5, 0.6) is 0 Å². The zero-order valence-corrected chi connectivity index (χ0v) is 12.2. The molecule has 0 saturated carbocycles. The van der Waals surface area contributed by atoms with E-state index in [1.54, 1.807) is 6.07 Å². The Kier molecular flexibility index (Phi) is 3.82. The number of hydrogen-bond donors (Lipinski definition) is 2. The number of nitrogen functional groups attached to an aromatic ring is 1. The summed E-state index contributed by atoms with van der Waals surface area (Å²) in [5, 5.41) is 0. The van der Waals surface area contributed by atoms with Crippen LogP contribution in [0.1, 0.15) is 47.4 Å². The second-order valence-corrected chi connectivity index (χ2v) is 5.21. The monoisotopic (exact) mass is 289 g/mol. The molecule has 1 aliphatic heterocycles. The van der Waals surface area contributed by atoms with Crippen molar-refractivity contribution in [2.45, 2.75) is 26.7 Å². The summed E-state index contributed by atoms with van der Waals surface area (Å²) in [6.07, 6.45) is 0.920. The molecular weight excluding hydrogens is 270 g/mol. The molecule has 0 aromatic heterocycles. The summed E-state index contributed by atoms with van der Waals surface area (Å²) in [5.74, 6) is -1.81.